The van der Waals surface area contributed by atoms with Crippen molar-refractivity contribution in [3.05, 3.63) is 35.9 Å². The molecule has 0 radical (unpaired) electrons. The van der Waals surface area contributed by atoms with Gasteiger partial charge in [-0.1, -0.05) is 30.3 Å². The van der Waals surface area contributed by atoms with E-state index in [4.69, 9.17) is 4.74 Å². The maximum Gasteiger partial charge on any atom is 0.317 e. The zero-order valence-electron chi connectivity index (χ0n) is 13.6. The van der Waals surface area contributed by atoms with Crippen LogP contribution in [0.3, 0.4) is 0 Å². The Morgan fingerprint density at radius 3 is 2.83 bits per heavy atom. The lowest BCUT2D eigenvalue weighted by Crippen LogP contribution is -2.62. The number of nitrogens with one attached hydrogen (secondary N) is 2. The molecule has 0 bridgehead atoms. The van der Waals surface area contributed by atoms with E-state index in [0.717, 1.165) is 19.3 Å². The van der Waals surface area contributed by atoms with E-state index >= 15 is 0 Å². The van der Waals surface area contributed by atoms with E-state index in [0.29, 0.717) is 19.0 Å². The Kier molecular flexibility index (Phi) is 4.14. The van der Waals surface area contributed by atoms with Crippen molar-refractivity contribution in [2.75, 3.05) is 19.7 Å². The highest BCUT2D eigenvalue weighted by atomic mass is 16.5. The zero-order chi connectivity index (χ0) is 16.5. The number of nitrogens with zero attached hydrogens (tertiary/aromatic N) is 1. The minimum absolute atomic E-state index is 0.0233. The van der Waals surface area contributed by atoms with Gasteiger partial charge in [-0.3, -0.25) is 4.79 Å². The molecule has 2 N–H and O–H groups in total. The molecule has 3 fully saturated rings. The monoisotopic (exact) mass is 329 g/mol. The Labute approximate surface area is 141 Å². The second-order valence-corrected chi connectivity index (χ2v) is 6.98. The summed E-state index contributed by atoms with van der Waals surface area (Å²) < 4.78 is 5.53. The number of benzene rings is 1. The van der Waals surface area contributed by atoms with Crippen molar-refractivity contribution in [2.45, 2.75) is 43.4 Å². The lowest BCUT2D eigenvalue weighted by atomic mass is 9.76. The van der Waals surface area contributed by atoms with Gasteiger partial charge in [0.2, 0.25) is 5.91 Å². The number of piperidine rings is 1. The summed E-state index contributed by atoms with van der Waals surface area (Å²) in [7, 11) is 0. The van der Waals surface area contributed by atoms with Gasteiger partial charge in [-0.05, 0) is 30.7 Å². The van der Waals surface area contributed by atoms with Gasteiger partial charge in [0.1, 0.15) is 6.61 Å². The van der Waals surface area contributed by atoms with Crippen LogP contribution in [0.15, 0.2) is 30.3 Å². The summed E-state index contributed by atoms with van der Waals surface area (Å²) in [6.45, 7) is 1.34. The van der Waals surface area contributed by atoms with Crippen LogP contribution < -0.4 is 10.6 Å². The van der Waals surface area contributed by atoms with Crippen molar-refractivity contribution >= 4 is 11.9 Å². The number of likely N-dealkylation sites (tertiary alicyclic amines) is 1. The van der Waals surface area contributed by atoms with Crippen LogP contribution in [0.2, 0.25) is 0 Å². The van der Waals surface area contributed by atoms with E-state index in [1.807, 2.05) is 6.07 Å². The molecule has 6 heteroatoms. The summed E-state index contributed by atoms with van der Waals surface area (Å²) in [4.78, 5) is 25.7. The Morgan fingerprint density at radius 2 is 2.04 bits per heavy atom. The Morgan fingerprint density at radius 1 is 1.25 bits per heavy atom. The third kappa shape index (κ3) is 3.11. The number of fused-ring (bicyclic) bond motifs is 1. The van der Waals surface area contributed by atoms with Crippen LogP contribution >= 0.6 is 0 Å². The lowest BCUT2D eigenvalue weighted by molar-refractivity contribution is -0.139. The molecule has 0 unspecified atom stereocenters. The van der Waals surface area contributed by atoms with Gasteiger partial charge in [-0.25, -0.2) is 4.79 Å². The number of ether oxygens (including phenoxy) is 1. The van der Waals surface area contributed by atoms with E-state index in [9.17, 15) is 9.59 Å². The molecule has 1 saturated carbocycles. The number of rotatable bonds is 2. The van der Waals surface area contributed by atoms with Crippen LogP contribution in [0.1, 0.15) is 30.7 Å². The van der Waals surface area contributed by atoms with Gasteiger partial charge in [0.15, 0.2) is 0 Å². The fraction of sp³-hybridized carbons (Fsp3) is 0.556. The maximum atomic E-state index is 12.5. The van der Waals surface area contributed by atoms with E-state index in [2.05, 4.69) is 34.9 Å². The number of hydrogen-bond donors (Lipinski definition) is 2. The molecule has 4 rings (SSSR count). The summed E-state index contributed by atoms with van der Waals surface area (Å²) in [6.07, 6.45) is 2.80. The van der Waals surface area contributed by atoms with Crippen LogP contribution in [0, 0.1) is 0 Å². The van der Waals surface area contributed by atoms with E-state index < -0.39 is 0 Å². The maximum absolute atomic E-state index is 12.5. The number of urea groups is 1. The van der Waals surface area contributed by atoms with Gasteiger partial charge in [-0.15, -0.1) is 0 Å². The van der Waals surface area contributed by atoms with Crippen molar-refractivity contribution < 1.29 is 14.3 Å². The Balaban J connectivity index is 1.26. The van der Waals surface area contributed by atoms with Gasteiger partial charge in [-0.2, -0.15) is 0 Å². The summed E-state index contributed by atoms with van der Waals surface area (Å²) in [5.41, 5.74) is 1.35. The second-order valence-electron chi connectivity index (χ2n) is 6.98. The smallest absolute Gasteiger partial charge is 0.317 e. The number of amides is 3. The van der Waals surface area contributed by atoms with Crippen molar-refractivity contribution in [3.63, 3.8) is 0 Å². The van der Waals surface area contributed by atoms with Crippen LogP contribution in [0.5, 0.6) is 0 Å². The van der Waals surface area contributed by atoms with Crippen molar-refractivity contribution in [1.82, 2.24) is 15.5 Å². The lowest BCUT2D eigenvalue weighted by Gasteiger charge is -2.42. The summed E-state index contributed by atoms with van der Waals surface area (Å²) in [5, 5.41) is 6.05. The molecule has 2 saturated heterocycles. The van der Waals surface area contributed by atoms with Gasteiger partial charge in [0, 0.05) is 19.1 Å². The molecule has 3 aliphatic rings. The molecule has 1 aromatic rings. The standard InChI is InChI=1S/C18H23N3O3/c22-17-11-24-16-6-7-21(10-15(16)20-17)18(23)19-14-8-13(9-14)12-4-2-1-3-5-12/h1-5,13-16H,6-11H2,(H,19,23)(H,20,22)/t13?,14?,15-,16-/m0/s1. The predicted octanol–water partition coefficient (Wildman–Crippen LogP) is 1.23. The third-order valence-corrected chi connectivity index (χ3v) is 5.35. The van der Waals surface area contributed by atoms with Gasteiger partial charge in [0.05, 0.1) is 12.1 Å². The molecule has 0 aromatic heterocycles. The molecule has 3 amide bonds. The number of carbonyl (C=O) groups excluding carboxylic acids is 2. The van der Waals surface area contributed by atoms with Gasteiger partial charge < -0.3 is 20.3 Å². The highest BCUT2D eigenvalue weighted by molar-refractivity contribution is 5.79. The summed E-state index contributed by atoms with van der Waals surface area (Å²) >= 11 is 0. The number of carbonyl (C=O) groups is 2. The fourth-order valence-electron chi connectivity index (χ4n) is 3.88. The van der Waals surface area contributed by atoms with E-state index in [-0.39, 0.29) is 36.7 Å². The van der Waals surface area contributed by atoms with Gasteiger partial charge in [0.25, 0.3) is 0 Å². The molecule has 1 aliphatic carbocycles. The first kappa shape index (κ1) is 15.4. The molecule has 2 aliphatic heterocycles. The van der Waals surface area contributed by atoms with Crippen molar-refractivity contribution in [3.8, 4) is 0 Å². The highest BCUT2D eigenvalue weighted by Crippen LogP contribution is 2.36. The summed E-state index contributed by atoms with van der Waals surface area (Å²) in [5.74, 6) is 0.455. The first-order valence-corrected chi connectivity index (χ1v) is 8.70. The predicted molar refractivity (Wildman–Crippen MR) is 88.6 cm³/mol. The highest BCUT2D eigenvalue weighted by Gasteiger charge is 2.38. The molecule has 0 spiro atoms. The molecule has 2 heterocycles. The molecule has 1 aromatic carbocycles. The normalized spacial score (nSPS) is 32.3. The van der Waals surface area contributed by atoms with Gasteiger partial charge >= 0.3 is 6.03 Å². The zero-order valence-corrected chi connectivity index (χ0v) is 13.6. The second kappa shape index (κ2) is 6.43. The first-order valence-electron chi connectivity index (χ1n) is 8.70. The average Bonchev–Trinajstić information content (AvgIpc) is 2.57. The Bertz CT molecular complexity index is 615. The van der Waals surface area contributed by atoms with Crippen molar-refractivity contribution in [2.24, 2.45) is 0 Å². The minimum Gasteiger partial charge on any atom is -0.366 e. The molecule has 128 valence electrons. The quantitative estimate of drug-likeness (QED) is 0.857. The third-order valence-electron chi connectivity index (χ3n) is 5.35. The van der Waals surface area contributed by atoms with E-state index in [1.165, 1.54) is 5.56 Å². The van der Waals surface area contributed by atoms with Crippen LogP contribution in [-0.2, 0) is 9.53 Å². The molecular weight excluding hydrogens is 306 g/mol. The minimum atomic E-state index is -0.0943. The molecule has 6 nitrogen and oxygen atoms in total. The SMILES string of the molecule is O=C1CO[C@H]2CCN(C(=O)NC3CC(c4ccccc4)C3)C[C@@H]2N1. The summed E-state index contributed by atoms with van der Waals surface area (Å²) in [6, 6.07) is 10.6. The fourth-order valence-corrected chi connectivity index (χ4v) is 3.88. The number of morpholine rings is 1. The Hall–Kier alpha value is -2.08. The first-order chi connectivity index (χ1) is 11.7. The number of hydrogen-bond acceptors (Lipinski definition) is 3. The van der Waals surface area contributed by atoms with Crippen LogP contribution in [-0.4, -0.2) is 54.7 Å². The van der Waals surface area contributed by atoms with Crippen molar-refractivity contribution in [1.29, 1.82) is 0 Å². The molecule has 24 heavy (non-hydrogen) atoms. The largest absolute Gasteiger partial charge is 0.366 e. The van der Waals surface area contributed by atoms with Crippen LogP contribution in [0.25, 0.3) is 0 Å². The topological polar surface area (TPSA) is 70.7 Å². The average molecular weight is 329 g/mol. The van der Waals surface area contributed by atoms with E-state index in [1.54, 1.807) is 4.90 Å². The van der Waals surface area contributed by atoms with Crippen LogP contribution in [0.4, 0.5) is 4.79 Å². The molecule has 2 atom stereocenters. The molecular formula is C18H23N3O3.